The van der Waals surface area contributed by atoms with Gasteiger partial charge in [0.15, 0.2) is 0 Å². The van der Waals surface area contributed by atoms with Gasteiger partial charge >= 0.3 is 0 Å². The third-order valence-electron chi connectivity index (χ3n) is 5.42. The zero-order valence-electron chi connectivity index (χ0n) is 17.9. The zero-order valence-corrected chi connectivity index (χ0v) is 17.9. The summed E-state index contributed by atoms with van der Waals surface area (Å²) in [6, 6.07) is 15.0. The number of carbonyl (C=O) groups is 1. The second kappa shape index (κ2) is 8.79. The van der Waals surface area contributed by atoms with Gasteiger partial charge in [0.2, 0.25) is 0 Å². The number of amides is 1. The van der Waals surface area contributed by atoms with E-state index in [-0.39, 0.29) is 11.6 Å². The van der Waals surface area contributed by atoms with Crippen molar-refractivity contribution in [3.05, 3.63) is 87.9 Å². The van der Waals surface area contributed by atoms with E-state index in [1.165, 1.54) is 0 Å². The monoisotopic (exact) mass is 422 g/mol. The molecule has 2 heterocycles. The minimum Gasteiger partial charge on any atom is -0.373 e. The number of benzene rings is 2. The van der Waals surface area contributed by atoms with E-state index in [0.717, 1.165) is 34.6 Å². The molecule has 32 heavy (non-hydrogen) atoms. The fourth-order valence-electron chi connectivity index (χ4n) is 3.73. The van der Waals surface area contributed by atoms with Crippen molar-refractivity contribution in [3.8, 4) is 0 Å². The van der Waals surface area contributed by atoms with E-state index in [4.69, 9.17) is 13.1 Å². The predicted octanol–water partition coefficient (Wildman–Crippen LogP) is 3.41. The van der Waals surface area contributed by atoms with Crippen molar-refractivity contribution in [1.82, 2.24) is 19.9 Å². The number of nitrogens with zero attached hydrogens (tertiary/aromatic N) is 4. The lowest BCUT2D eigenvalue weighted by Crippen LogP contribution is -2.31. The average molecular weight is 422 g/mol. The van der Waals surface area contributed by atoms with Crippen LogP contribution in [0.15, 0.2) is 48.5 Å². The van der Waals surface area contributed by atoms with Gasteiger partial charge in [0.25, 0.3) is 17.3 Å². The number of aromatic nitrogens is 3. The first-order chi connectivity index (χ1) is 15.6. The van der Waals surface area contributed by atoms with Gasteiger partial charge < -0.3 is 14.9 Å². The number of fused-ring (bicyclic) bond motifs is 2. The summed E-state index contributed by atoms with van der Waals surface area (Å²) in [6.07, 6.45) is 1.83. The molecule has 0 unspecified atom stereocenters. The van der Waals surface area contributed by atoms with Crippen molar-refractivity contribution in [1.29, 1.82) is 0 Å². The molecule has 0 aliphatic rings. The molecule has 0 saturated carbocycles. The lowest BCUT2D eigenvalue weighted by Gasteiger charge is -2.15. The van der Waals surface area contributed by atoms with Gasteiger partial charge in [-0.3, -0.25) is 4.79 Å². The summed E-state index contributed by atoms with van der Waals surface area (Å²) in [7, 11) is 1.71. The van der Waals surface area contributed by atoms with Gasteiger partial charge in [-0.2, -0.15) is 0 Å². The van der Waals surface area contributed by atoms with Crippen molar-refractivity contribution in [3.63, 3.8) is 0 Å². The largest absolute Gasteiger partial charge is 0.373 e. The number of para-hydroxylation sites is 2. The molecule has 0 aliphatic heterocycles. The van der Waals surface area contributed by atoms with E-state index >= 15 is 0 Å². The Labute approximate surface area is 185 Å². The molecule has 0 saturated heterocycles. The number of imidazole rings is 1. The smallest absolute Gasteiger partial charge is 0.273 e. The number of unbranched alkanes of at least 4 members (excludes halogenated alkanes) is 1. The molecule has 0 bridgehead atoms. The molecule has 0 radical (unpaired) electrons. The first-order valence-electron chi connectivity index (χ1n) is 10.4. The van der Waals surface area contributed by atoms with Crippen LogP contribution in [-0.4, -0.2) is 39.4 Å². The van der Waals surface area contributed by atoms with Gasteiger partial charge in [0.1, 0.15) is 5.82 Å². The Kier molecular flexibility index (Phi) is 5.74. The Morgan fingerprint density at radius 3 is 2.34 bits per heavy atom. The van der Waals surface area contributed by atoms with Gasteiger partial charge in [-0.05, 0) is 29.3 Å². The SMILES string of the molecule is [C-]#[N+]C(C(=O)N(C)CCCC)=c1[nH]c(=C([N+]#[C-])c2nc3ccccc3[nH]2)c2ccccc12. The molecule has 0 fully saturated rings. The van der Waals surface area contributed by atoms with E-state index in [0.29, 0.717) is 28.8 Å². The molecule has 4 rings (SSSR count). The third-order valence-corrected chi connectivity index (χ3v) is 5.42. The lowest BCUT2D eigenvalue weighted by atomic mass is 10.1. The molecule has 2 N–H and O–H groups in total. The van der Waals surface area contributed by atoms with Crippen LogP contribution in [0.3, 0.4) is 0 Å². The molecule has 1 amide bonds. The summed E-state index contributed by atoms with van der Waals surface area (Å²) < 4.78 is 0. The summed E-state index contributed by atoms with van der Waals surface area (Å²) in [5, 5.41) is 2.45. The number of likely N-dealkylation sites (N-methyl/N-ethyl adjacent to an activating group) is 1. The van der Waals surface area contributed by atoms with Gasteiger partial charge in [0.05, 0.1) is 34.9 Å². The van der Waals surface area contributed by atoms with Crippen LogP contribution in [0, 0.1) is 13.1 Å². The quantitative estimate of drug-likeness (QED) is 0.484. The van der Waals surface area contributed by atoms with Gasteiger partial charge in [-0.25, -0.2) is 14.7 Å². The molecule has 7 nitrogen and oxygen atoms in total. The van der Waals surface area contributed by atoms with Crippen LogP contribution in [0.5, 0.6) is 0 Å². The van der Waals surface area contributed by atoms with Crippen molar-refractivity contribution in [2.75, 3.05) is 13.6 Å². The molecule has 7 heteroatoms. The highest BCUT2D eigenvalue weighted by atomic mass is 16.2. The van der Waals surface area contributed by atoms with Crippen LogP contribution in [0.25, 0.3) is 42.9 Å². The molecule has 0 spiro atoms. The Morgan fingerprint density at radius 2 is 1.69 bits per heavy atom. The maximum absolute atomic E-state index is 13.0. The first-order valence-corrected chi connectivity index (χ1v) is 10.4. The second-order valence-corrected chi connectivity index (χ2v) is 7.52. The van der Waals surface area contributed by atoms with Crippen LogP contribution < -0.4 is 10.7 Å². The van der Waals surface area contributed by atoms with E-state index < -0.39 is 0 Å². The second-order valence-electron chi connectivity index (χ2n) is 7.52. The molecule has 158 valence electrons. The van der Waals surface area contributed by atoms with E-state index in [1.54, 1.807) is 11.9 Å². The van der Waals surface area contributed by atoms with Crippen LogP contribution in [0.4, 0.5) is 0 Å². The summed E-state index contributed by atoms with van der Waals surface area (Å²) in [6.45, 7) is 18.2. The Balaban J connectivity index is 2.03. The Hall–Kier alpha value is -4.36. The first kappa shape index (κ1) is 20.9. The topological polar surface area (TPSA) is 73.5 Å². The van der Waals surface area contributed by atoms with Crippen LogP contribution in [0.2, 0.25) is 0 Å². The van der Waals surface area contributed by atoms with Crippen LogP contribution in [0.1, 0.15) is 25.6 Å². The number of aromatic amines is 2. The van der Waals surface area contributed by atoms with Crippen molar-refractivity contribution in [2.45, 2.75) is 19.8 Å². The summed E-state index contributed by atoms with van der Waals surface area (Å²) >= 11 is 0. The maximum atomic E-state index is 13.0. The number of H-pyrrole nitrogens is 2. The number of hydrogen-bond acceptors (Lipinski definition) is 2. The maximum Gasteiger partial charge on any atom is 0.273 e. The zero-order chi connectivity index (χ0) is 22.7. The number of rotatable bonds is 5. The molecule has 2 aromatic carbocycles. The molecule has 2 aromatic heterocycles. The minimum absolute atomic E-state index is 0.0139. The Bertz CT molecular complexity index is 1490. The van der Waals surface area contributed by atoms with Crippen LogP contribution >= 0.6 is 0 Å². The predicted molar refractivity (Wildman–Crippen MR) is 125 cm³/mol. The number of hydrogen-bond donors (Lipinski definition) is 2. The van der Waals surface area contributed by atoms with Gasteiger partial charge in [-0.1, -0.05) is 49.7 Å². The van der Waals surface area contributed by atoms with Crippen molar-refractivity contribution in [2.24, 2.45) is 0 Å². The number of carbonyl (C=O) groups excluding carboxylic acids is 1. The van der Waals surface area contributed by atoms with Crippen LogP contribution in [-0.2, 0) is 4.79 Å². The minimum atomic E-state index is -0.333. The molecular formula is C25H22N6O. The summed E-state index contributed by atoms with van der Waals surface area (Å²) in [5.74, 6) is 0.107. The molecule has 0 aliphatic carbocycles. The summed E-state index contributed by atoms with van der Waals surface area (Å²) in [5.41, 5.74) is 1.92. The molecular weight excluding hydrogens is 400 g/mol. The normalized spacial score (nSPS) is 12.9. The highest BCUT2D eigenvalue weighted by molar-refractivity contribution is 6.16. The highest BCUT2D eigenvalue weighted by Crippen LogP contribution is 2.17. The average Bonchev–Trinajstić information content (AvgIpc) is 3.41. The van der Waals surface area contributed by atoms with Gasteiger partial charge in [0, 0.05) is 13.6 Å². The summed E-state index contributed by atoms with van der Waals surface area (Å²) in [4.78, 5) is 32.9. The van der Waals surface area contributed by atoms with E-state index in [9.17, 15) is 4.79 Å². The fraction of sp³-hybridized carbons (Fsp3) is 0.200. The standard InChI is InChI=1S/C25H22N6O/c1-5-6-15-31(4)25(32)23(27-3)21-17-12-8-7-11-16(17)20(30-21)22(26-2)24-28-18-13-9-10-14-19(18)29-24/h7-14,30H,5-6,15H2,1,4H3,(H,28,29). The van der Waals surface area contributed by atoms with E-state index in [1.807, 2.05) is 48.5 Å². The lowest BCUT2D eigenvalue weighted by molar-refractivity contribution is -0.123. The molecule has 0 atom stereocenters. The Morgan fingerprint density at radius 1 is 1.00 bits per heavy atom. The molecule has 4 aromatic rings. The highest BCUT2D eigenvalue weighted by Gasteiger charge is 2.19. The van der Waals surface area contributed by atoms with E-state index in [2.05, 4.69) is 31.6 Å². The fourth-order valence-corrected chi connectivity index (χ4v) is 3.73. The van der Waals surface area contributed by atoms with Gasteiger partial charge in [-0.15, -0.1) is 0 Å². The number of nitrogens with one attached hydrogen (secondary N) is 2. The van der Waals surface area contributed by atoms with Crippen molar-refractivity contribution >= 4 is 39.1 Å². The third kappa shape index (κ3) is 3.61. The van der Waals surface area contributed by atoms with Crippen molar-refractivity contribution < 1.29 is 4.79 Å².